The van der Waals surface area contributed by atoms with E-state index >= 15 is 0 Å². The third-order valence-electron chi connectivity index (χ3n) is 7.20. The highest BCUT2D eigenvalue weighted by molar-refractivity contribution is 5.98. The number of para-hydroxylation sites is 1. The molecule has 0 unspecified atom stereocenters. The molecule has 156 valence electrons. The van der Waals surface area contributed by atoms with E-state index in [1.54, 1.807) is 4.90 Å². The van der Waals surface area contributed by atoms with Gasteiger partial charge in [0.15, 0.2) is 5.75 Å². The Hall–Kier alpha value is -2.86. The number of urea groups is 1. The van der Waals surface area contributed by atoms with Gasteiger partial charge < -0.3 is 10.1 Å². The number of amides is 2. The standard InChI is InChI=1S/C24H27N3O3/c1-26(2)24(18-8-4-3-5-9-18)13-11-23(12-14-24)16-27(22(29)25-23)19-10-6-7-17-15-20(28)30-21(17)19/h3-10H,11-16H2,1-2H3,(H,25,29)/t23-,24+. The number of carbonyl (C=O) groups excluding carboxylic acids is 2. The number of esters is 1. The first-order valence-electron chi connectivity index (χ1n) is 10.6. The van der Waals surface area contributed by atoms with Crippen molar-refractivity contribution in [1.82, 2.24) is 10.2 Å². The third-order valence-corrected chi connectivity index (χ3v) is 7.20. The van der Waals surface area contributed by atoms with Crippen LogP contribution in [0.15, 0.2) is 48.5 Å². The van der Waals surface area contributed by atoms with Gasteiger partial charge in [0.25, 0.3) is 0 Å². The highest BCUT2D eigenvalue weighted by atomic mass is 16.5. The molecule has 1 aliphatic carbocycles. The van der Waals surface area contributed by atoms with Crippen molar-refractivity contribution in [3.05, 3.63) is 59.7 Å². The predicted octanol–water partition coefficient (Wildman–Crippen LogP) is 3.45. The maximum absolute atomic E-state index is 13.0. The average Bonchev–Trinajstić information content (AvgIpc) is 3.28. The van der Waals surface area contributed by atoms with Gasteiger partial charge >= 0.3 is 12.0 Å². The molecule has 3 aliphatic rings. The largest absolute Gasteiger partial charge is 0.424 e. The van der Waals surface area contributed by atoms with Crippen LogP contribution in [0.25, 0.3) is 0 Å². The summed E-state index contributed by atoms with van der Waals surface area (Å²) in [6.45, 7) is 0.595. The number of anilines is 1. The highest BCUT2D eigenvalue weighted by Crippen LogP contribution is 2.47. The molecule has 1 N–H and O–H groups in total. The Morgan fingerprint density at radius 1 is 0.967 bits per heavy atom. The van der Waals surface area contributed by atoms with Gasteiger partial charge in [-0.05, 0) is 51.4 Å². The fourth-order valence-electron chi connectivity index (χ4n) is 5.42. The molecule has 6 heteroatoms. The van der Waals surface area contributed by atoms with Crippen LogP contribution in [0.3, 0.4) is 0 Å². The van der Waals surface area contributed by atoms with E-state index in [1.165, 1.54) is 5.56 Å². The lowest BCUT2D eigenvalue weighted by molar-refractivity contribution is -0.131. The Morgan fingerprint density at radius 2 is 1.70 bits per heavy atom. The zero-order chi connectivity index (χ0) is 20.9. The van der Waals surface area contributed by atoms with Gasteiger partial charge in [0.2, 0.25) is 0 Å². The molecule has 2 aromatic carbocycles. The zero-order valence-corrected chi connectivity index (χ0v) is 17.5. The number of hydrogen-bond acceptors (Lipinski definition) is 4. The monoisotopic (exact) mass is 405 g/mol. The van der Waals surface area contributed by atoms with Crippen molar-refractivity contribution in [2.24, 2.45) is 0 Å². The summed E-state index contributed by atoms with van der Waals surface area (Å²) in [6, 6.07) is 16.2. The second-order valence-electron chi connectivity index (χ2n) is 9.00. The van der Waals surface area contributed by atoms with Crippen molar-refractivity contribution in [2.45, 2.75) is 43.2 Å². The van der Waals surface area contributed by atoms with Crippen LogP contribution in [0, 0.1) is 0 Å². The van der Waals surface area contributed by atoms with Crippen LogP contribution in [0.4, 0.5) is 10.5 Å². The smallest absolute Gasteiger partial charge is 0.322 e. The molecule has 1 saturated heterocycles. The van der Waals surface area contributed by atoms with Gasteiger partial charge in [-0.15, -0.1) is 0 Å². The van der Waals surface area contributed by atoms with E-state index < -0.39 is 0 Å². The number of fused-ring (bicyclic) bond motifs is 1. The van der Waals surface area contributed by atoms with Crippen LogP contribution in [-0.4, -0.2) is 43.1 Å². The van der Waals surface area contributed by atoms with Crippen LogP contribution >= 0.6 is 0 Å². The average molecular weight is 405 g/mol. The first kappa shape index (κ1) is 19.1. The van der Waals surface area contributed by atoms with Crippen molar-refractivity contribution in [2.75, 3.05) is 25.5 Å². The number of nitrogens with one attached hydrogen (secondary N) is 1. The molecular weight excluding hydrogens is 378 g/mol. The third kappa shape index (κ3) is 2.89. The topological polar surface area (TPSA) is 61.9 Å². The Bertz CT molecular complexity index is 994. The molecule has 2 fully saturated rings. The summed E-state index contributed by atoms with van der Waals surface area (Å²) in [5.41, 5.74) is 2.61. The van der Waals surface area contributed by atoms with Crippen LogP contribution in [0.5, 0.6) is 5.75 Å². The van der Waals surface area contributed by atoms with Crippen LogP contribution in [0.1, 0.15) is 36.8 Å². The maximum atomic E-state index is 13.0. The maximum Gasteiger partial charge on any atom is 0.322 e. The second kappa shape index (κ2) is 6.84. The molecule has 0 aromatic heterocycles. The minimum absolute atomic E-state index is 0.0197. The minimum Gasteiger partial charge on any atom is -0.424 e. The Balaban J connectivity index is 1.40. The predicted molar refractivity (Wildman–Crippen MR) is 115 cm³/mol. The fraction of sp³-hybridized carbons (Fsp3) is 0.417. The summed E-state index contributed by atoms with van der Waals surface area (Å²) in [7, 11) is 4.29. The lowest BCUT2D eigenvalue weighted by Gasteiger charge is -2.48. The van der Waals surface area contributed by atoms with Crippen molar-refractivity contribution < 1.29 is 14.3 Å². The molecule has 5 rings (SSSR count). The van der Waals surface area contributed by atoms with Crippen LogP contribution < -0.4 is 15.0 Å². The number of rotatable bonds is 3. The fourth-order valence-corrected chi connectivity index (χ4v) is 5.42. The lowest BCUT2D eigenvalue weighted by Crippen LogP contribution is -2.54. The van der Waals surface area contributed by atoms with Gasteiger partial charge in [-0.25, -0.2) is 4.79 Å². The Kier molecular flexibility index (Phi) is 4.36. The van der Waals surface area contributed by atoms with Crippen molar-refractivity contribution in [3.63, 3.8) is 0 Å². The van der Waals surface area contributed by atoms with E-state index in [4.69, 9.17) is 4.74 Å². The quantitative estimate of drug-likeness (QED) is 0.628. The number of nitrogens with zero attached hydrogens (tertiary/aromatic N) is 2. The highest BCUT2D eigenvalue weighted by Gasteiger charge is 2.50. The first-order chi connectivity index (χ1) is 14.4. The van der Waals surface area contributed by atoms with E-state index in [1.807, 2.05) is 18.2 Å². The minimum atomic E-state index is -0.261. The van der Waals surface area contributed by atoms with E-state index in [0.717, 1.165) is 31.2 Å². The van der Waals surface area contributed by atoms with Crippen molar-refractivity contribution in [1.29, 1.82) is 0 Å². The number of carbonyl (C=O) groups is 2. The van der Waals surface area contributed by atoms with E-state index in [2.05, 4.69) is 54.6 Å². The molecule has 0 radical (unpaired) electrons. The Morgan fingerprint density at radius 3 is 2.40 bits per heavy atom. The second-order valence-corrected chi connectivity index (χ2v) is 9.00. The van der Waals surface area contributed by atoms with E-state index in [-0.39, 0.29) is 29.5 Å². The van der Waals surface area contributed by atoms with Gasteiger partial charge in [0.1, 0.15) is 0 Å². The summed E-state index contributed by atoms with van der Waals surface area (Å²) >= 11 is 0. The summed E-state index contributed by atoms with van der Waals surface area (Å²) in [5, 5.41) is 3.28. The summed E-state index contributed by atoms with van der Waals surface area (Å²) in [6.07, 6.45) is 4.01. The van der Waals surface area contributed by atoms with Gasteiger partial charge in [0.05, 0.1) is 24.2 Å². The molecule has 2 amide bonds. The lowest BCUT2D eigenvalue weighted by atomic mass is 9.69. The van der Waals surface area contributed by atoms with E-state index in [0.29, 0.717) is 18.0 Å². The van der Waals surface area contributed by atoms with Gasteiger partial charge in [-0.3, -0.25) is 14.6 Å². The van der Waals surface area contributed by atoms with Gasteiger partial charge in [-0.1, -0.05) is 42.5 Å². The molecule has 1 saturated carbocycles. The van der Waals surface area contributed by atoms with Crippen LogP contribution in [-0.2, 0) is 16.8 Å². The van der Waals surface area contributed by atoms with Crippen LogP contribution in [0.2, 0.25) is 0 Å². The molecule has 2 aliphatic heterocycles. The summed E-state index contributed by atoms with van der Waals surface area (Å²) in [5.74, 6) is 0.278. The Labute approximate surface area is 176 Å². The van der Waals surface area contributed by atoms with E-state index in [9.17, 15) is 9.59 Å². The molecule has 0 atom stereocenters. The number of ether oxygens (including phenoxy) is 1. The normalized spacial score (nSPS) is 28.0. The summed E-state index contributed by atoms with van der Waals surface area (Å²) < 4.78 is 5.43. The molecule has 2 heterocycles. The SMILES string of the molecule is CN(C)[C@]1(c2ccccc2)CC[C@]2(CC1)CN(c1cccc3c1OC(=O)C3)C(=O)N2. The molecule has 30 heavy (non-hydrogen) atoms. The number of hydrogen-bond donors (Lipinski definition) is 1. The molecule has 0 bridgehead atoms. The molecular formula is C24H27N3O3. The number of benzene rings is 2. The first-order valence-corrected chi connectivity index (χ1v) is 10.6. The molecule has 6 nitrogen and oxygen atoms in total. The zero-order valence-electron chi connectivity index (χ0n) is 17.5. The summed E-state index contributed by atoms with van der Waals surface area (Å²) in [4.78, 5) is 28.8. The molecule has 1 spiro atoms. The van der Waals surface area contributed by atoms with Gasteiger partial charge in [0, 0.05) is 11.1 Å². The molecule has 2 aromatic rings. The van der Waals surface area contributed by atoms with Gasteiger partial charge in [-0.2, -0.15) is 0 Å². The van der Waals surface area contributed by atoms with Crippen molar-refractivity contribution in [3.8, 4) is 5.75 Å². The van der Waals surface area contributed by atoms with Crippen molar-refractivity contribution >= 4 is 17.7 Å².